The number of rotatable bonds is 9. The number of aromatic nitrogens is 5. The highest BCUT2D eigenvalue weighted by Gasteiger charge is 2.23. The maximum Gasteiger partial charge on any atom is 0.162 e. The van der Waals surface area contributed by atoms with E-state index in [0.29, 0.717) is 11.6 Å². The topological polar surface area (TPSA) is 56.5 Å². The Hall–Kier alpha value is -9.06. The largest absolute Gasteiger partial charge is 0.308 e. The number of hydrogen-bond donors (Lipinski definition) is 0. The van der Waals surface area contributed by atoms with Crippen molar-refractivity contribution in [2.24, 2.45) is 0 Å². The maximum atomic E-state index is 5.50. The molecule has 3 aromatic heterocycles. The third-order valence-corrected chi connectivity index (χ3v) is 14.2. The van der Waals surface area contributed by atoms with E-state index in [1.54, 1.807) is 0 Å². The second kappa shape index (κ2) is 18.6. The normalized spacial score (nSPS) is 11.4. The van der Waals surface area contributed by atoms with E-state index in [2.05, 4.69) is 222 Å². The summed E-state index contributed by atoms with van der Waals surface area (Å²) in [5.74, 6) is 1.26. The molecule has 0 radical (unpaired) electrons. The number of aryl methyl sites for hydroxylation is 6. The van der Waals surface area contributed by atoms with Crippen LogP contribution in [-0.4, -0.2) is 24.5 Å². The minimum Gasteiger partial charge on any atom is -0.308 e. The molecule has 3 heterocycles. The number of hydrogen-bond acceptors (Lipinski definition) is 4. The lowest BCUT2D eigenvalue weighted by Crippen LogP contribution is -2.03. The lowest BCUT2D eigenvalue weighted by Gasteiger charge is -2.17. The SMILES string of the molecule is Cc1cc(C)c(-c2ccc3c(c2)c2cc(-c4c(C)cc(C)cc4C)ccc2n3-c2ccc(-c3cc(-c4ccccc4)nc(-c4ccccc4)n3)cc2-c2nc(-c3ccccc3)cc(-c3ccccc3)n2)c(C)c1. The van der Waals surface area contributed by atoms with Crippen LogP contribution in [0.1, 0.15) is 33.4 Å². The summed E-state index contributed by atoms with van der Waals surface area (Å²) in [6, 6.07) is 75.5. The predicted octanol–water partition coefficient (Wildman–Crippen LogP) is 17.6. The van der Waals surface area contributed by atoms with E-state index < -0.39 is 0 Å². The number of fused-ring (bicyclic) bond motifs is 3. The van der Waals surface area contributed by atoms with Gasteiger partial charge in [0.2, 0.25) is 0 Å². The van der Waals surface area contributed by atoms with Gasteiger partial charge in [0.05, 0.1) is 39.5 Å². The highest BCUT2D eigenvalue weighted by molar-refractivity contribution is 6.12. The van der Waals surface area contributed by atoms with Crippen molar-refractivity contribution in [2.75, 3.05) is 0 Å². The van der Waals surface area contributed by atoms with Gasteiger partial charge in [-0.2, -0.15) is 0 Å². The van der Waals surface area contributed by atoms with E-state index in [0.717, 1.165) is 72.9 Å². The van der Waals surface area contributed by atoms with E-state index in [1.807, 2.05) is 36.4 Å². The molecule has 0 N–H and O–H groups in total. The highest BCUT2D eigenvalue weighted by atomic mass is 15.0. The standard InChI is InChI=1S/C68H53N5/c1-42-33-44(3)65(45(4)34-42)53-28-31-62-55(38-53)56-39-54(66-46(5)35-43(2)36-47(66)6)29-32-63(56)73(62)64-30-27-52(61-41-58(48-19-11-7-12-20-48)69-67(70-61)51-25-17-10-18-26-51)37-57(64)68-71-59(49-21-13-8-14-22-49)40-60(72-68)50-23-15-9-16-24-50/h7-41H,1-6H3. The molecular weight excluding hydrogens is 887 g/mol. The summed E-state index contributed by atoms with van der Waals surface area (Å²) in [5, 5.41) is 2.34. The zero-order valence-electron chi connectivity index (χ0n) is 41.9. The molecule has 0 saturated carbocycles. The van der Waals surface area contributed by atoms with Crippen LogP contribution in [0.4, 0.5) is 0 Å². The molecule has 0 fully saturated rings. The molecule has 73 heavy (non-hydrogen) atoms. The summed E-state index contributed by atoms with van der Waals surface area (Å²) in [6.07, 6.45) is 0. The van der Waals surface area contributed by atoms with Crippen LogP contribution in [0.15, 0.2) is 212 Å². The van der Waals surface area contributed by atoms with Crippen LogP contribution in [0.5, 0.6) is 0 Å². The van der Waals surface area contributed by atoms with Gasteiger partial charge in [-0.05, 0) is 135 Å². The second-order valence-electron chi connectivity index (χ2n) is 19.5. The molecule has 5 nitrogen and oxygen atoms in total. The van der Waals surface area contributed by atoms with Crippen LogP contribution >= 0.6 is 0 Å². The Morgan fingerprint density at radius 2 is 0.644 bits per heavy atom. The molecule has 12 aromatic rings. The molecule has 350 valence electrons. The second-order valence-corrected chi connectivity index (χ2v) is 19.5. The van der Waals surface area contributed by atoms with Crippen molar-refractivity contribution in [1.29, 1.82) is 0 Å². The maximum absolute atomic E-state index is 5.50. The van der Waals surface area contributed by atoms with E-state index >= 15 is 0 Å². The van der Waals surface area contributed by atoms with Gasteiger partial charge in [0, 0.05) is 44.2 Å². The Morgan fingerprint density at radius 1 is 0.288 bits per heavy atom. The van der Waals surface area contributed by atoms with Crippen molar-refractivity contribution in [3.8, 4) is 95.7 Å². The van der Waals surface area contributed by atoms with Crippen LogP contribution in [0.2, 0.25) is 0 Å². The first kappa shape index (κ1) is 45.1. The molecular formula is C68H53N5. The van der Waals surface area contributed by atoms with Gasteiger partial charge in [0.15, 0.2) is 11.6 Å². The molecule has 0 saturated heterocycles. The highest BCUT2D eigenvalue weighted by Crippen LogP contribution is 2.43. The summed E-state index contributed by atoms with van der Waals surface area (Å²) in [7, 11) is 0. The molecule has 5 heteroatoms. The van der Waals surface area contributed by atoms with Crippen molar-refractivity contribution in [3.05, 3.63) is 246 Å². The Balaban J connectivity index is 1.16. The van der Waals surface area contributed by atoms with Crippen LogP contribution in [0, 0.1) is 41.5 Å². The van der Waals surface area contributed by atoms with Crippen LogP contribution in [0.3, 0.4) is 0 Å². The molecule has 0 aliphatic heterocycles. The molecule has 12 rings (SSSR count). The molecule has 0 amide bonds. The first-order valence-corrected chi connectivity index (χ1v) is 25.0. The average Bonchev–Trinajstić information content (AvgIpc) is 3.73. The van der Waals surface area contributed by atoms with Gasteiger partial charge in [-0.15, -0.1) is 0 Å². The first-order valence-electron chi connectivity index (χ1n) is 25.0. The van der Waals surface area contributed by atoms with E-state index in [-0.39, 0.29) is 0 Å². The minimum atomic E-state index is 0.609. The molecule has 9 aromatic carbocycles. The number of benzene rings is 9. The third kappa shape index (κ3) is 8.49. The smallest absolute Gasteiger partial charge is 0.162 e. The van der Waals surface area contributed by atoms with Gasteiger partial charge in [0.25, 0.3) is 0 Å². The van der Waals surface area contributed by atoms with Gasteiger partial charge in [-0.1, -0.05) is 175 Å². The molecule has 0 aliphatic carbocycles. The summed E-state index contributed by atoms with van der Waals surface area (Å²) in [6.45, 7) is 13.3. The Labute approximate surface area is 427 Å². The quantitative estimate of drug-likeness (QED) is 0.145. The Morgan fingerprint density at radius 3 is 1.05 bits per heavy atom. The fraction of sp³-hybridized carbons (Fsp3) is 0.0882. The fourth-order valence-electron chi connectivity index (χ4n) is 11.1. The zero-order valence-corrected chi connectivity index (χ0v) is 41.9. The number of nitrogens with zero attached hydrogens (tertiary/aromatic N) is 5. The van der Waals surface area contributed by atoms with Gasteiger partial charge < -0.3 is 4.57 Å². The van der Waals surface area contributed by atoms with Crippen LogP contribution < -0.4 is 0 Å². The van der Waals surface area contributed by atoms with E-state index in [4.69, 9.17) is 19.9 Å². The lowest BCUT2D eigenvalue weighted by atomic mass is 9.91. The van der Waals surface area contributed by atoms with Crippen molar-refractivity contribution in [3.63, 3.8) is 0 Å². The van der Waals surface area contributed by atoms with Gasteiger partial charge in [-0.25, -0.2) is 19.9 Å². The van der Waals surface area contributed by atoms with Gasteiger partial charge in [-0.3, -0.25) is 0 Å². The zero-order chi connectivity index (χ0) is 49.7. The van der Waals surface area contributed by atoms with E-state index in [9.17, 15) is 0 Å². The molecule has 0 bridgehead atoms. The Kier molecular flexibility index (Phi) is 11.5. The van der Waals surface area contributed by atoms with Crippen molar-refractivity contribution in [2.45, 2.75) is 41.5 Å². The van der Waals surface area contributed by atoms with Crippen LogP contribution in [-0.2, 0) is 0 Å². The summed E-state index contributed by atoms with van der Waals surface area (Å²) in [4.78, 5) is 21.5. The monoisotopic (exact) mass is 939 g/mol. The molecule has 0 atom stereocenters. The Bertz CT molecular complexity index is 3790. The minimum absolute atomic E-state index is 0.609. The first-order chi connectivity index (χ1) is 35.6. The predicted molar refractivity (Wildman–Crippen MR) is 304 cm³/mol. The molecule has 0 unspecified atom stereocenters. The summed E-state index contributed by atoms with van der Waals surface area (Å²) in [5.41, 5.74) is 24.8. The molecule has 0 spiro atoms. The summed E-state index contributed by atoms with van der Waals surface area (Å²) >= 11 is 0. The van der Waals surface area contributed by atoms with Gasteiger partial charge >= 0.3 is 0 Å². The summed E-state index contributed by atoms with van der Waals surface area (Å²) < 4.78 is 2.42. The molecule has 0 aliphatic rings. The third-order valence-electron chi connectivity index (χ3n) is 14.2. The van der Waals surface area contributed by atoms with Crippen molar-refractivity contribution in [1.82, 2.24) is 24.5 Å². The average molecular weight is 940 g/mol. The van der Waals surface area contributed by atoms with Crippen molar-refractivity contribution >= 4 is 21.8 Å². The van der Waals surface area contributed by atoms with Crippen molar-refractivity contribution < 1.29 is 0 Å². The van der Waals surface area contributed by atoms with Crippen LogP contribution in [0.25, 0.3) is 118 Å². The lowest BCUT2D eigenvalue weighted by molar-refractivity contribution is 1.13. The van der Waals surface area contributed by atoms with Gasteiger partial charge in [0.1, 0.15) is 0 Å². The fourth-order valence-corrected chi connectivity index (χ4v) is 11.1. The van der Waals surface area contributed by atoms with E-state index in [1.165, 1.54) is 66.4 Å².